The third-order valence-corrected chi connectivity index (χ3v) is 4.00. The van der Waals surface area contributed by atoms with Crippen LogP contribution in [0.25, 0.3) is 0 Å². The van der Waals surface area contributed by atoms with E-state index in [4.69, 9.17) is 9.47 Å². The maximum absolute atomic E-state index is 11.9. The number of rotatable bonds is 6. The number of likely N-dealkylation sites (tertiary alicyclic amines) is 1. The molecule has 1 aliphatic carbocycles. The summed E-state index contributed by atoms with van der Waals surface area (Å²) in [5.74, 6) is 1.65. The molecule has 1 aliphatic heterocycles. The maximum Gasteiger partial charge on any atom is 0.407 e. The van der Waals surface area contributed by atoms with Crippen LogP contribution in [0.3, 0.4) is 0 Å². The molecule has 1 atom stereocenters. The first kappa shape index (κ1) is 22.3. The summed E-state index contributed by atoms with van der Waals surface area (Å²) in [7, 11) is 1.78. The average Bonchev–Trinajstić information content (AvgIpc) is 3.19. The molecule has 146 valence electrons. The van der Waals surface area contributed by atoms with Gasteiger partial charge in [-0.25, -0.2) is 4.79 Å². The van der Waals surface area contributed by atoms with Crippen LogP contribution in [0.1, 0.15) is 40.0 Å². The van der Waals surface area contributed by atoms with Crippen molar-refractivity contribution in [2.45, 2.75) is 51.7 Å². The zero-order chi connectivity index (χ0) is 17.6. The summed E-state index contributed by atoms with van der Waals surface area (Å²) in [5, 5.41) is 6.25. The summed E-state index contributed by atoms with van der Waals surface area (Å²) < 4.78 is 10.9. The fourth-order valence-corrected chi connectivity index (χ4v) is 2.65. The second-order valence-electron chi connectivity index (χ2n) is 7.57. The lowest BCUT2D eigenvalue weighted by Crippen LogP contribution is -2.44. The number of carbonyl (C=O) groups excluding carboxylic acids is 1. The minimum Gasteiger partial charge on any atom is -0.444 e. The molecule has 0 bridgehead atoms. The number of alkyl carbamates (subject to hydrolysis) is 1. The number of nitrogens with zero attached hydrogens (tertiary/aromatic N) is 2. The monoisotopic (exact) mass is 468 g/mol. The van der Waals surface area contributed by atoms with Crippen LogP contribution >= 0.6 is 24.0 Å². The molecule has 25 heavy (non-hydrogen) atoms. The fourth-order valence-electron chi connectivity index (χ4n) is 2.65. The Kier molecular flexibility index (Phi) is 9.26. The SMILES string of the molecule is CN=C(NCCOCC1CC1)N1CCC(NC(=O)OC(C)(C)C)C1.I. The van der Waals surface area contributed by atoms with E-state index in [2.05, 4.69) is 20.5 Å². The number of amides is 1. The molecule has 1 amide bonds. The van der Waals surface area contributed by atoms with E-state index >= 15 is 0 Å². The Bertz CT molecular complexity index is 450. The van der Waals surface area contributed by atoms with Gasteiger partial charge in [-0.2, -0.15) is 0 Å². The van der Waals surface area contributed by atoms with E-state index in [0.717, 1.165) is 44.5 Å². The summed E-state index contributed by atoms with van der Waals surface area (Å²) in [6.45, 7) is 9.53. The average molecular weight is 468 g/mol. The van der Waals surface area contributed by atoms with Crippen molar-refractivity contribution < 1.29 is 14.3 Å². The molecule has 2 N–H and O–H groups in total. The number of hydrogen-bond donors (Lipinski definition) is 2. The van der Waals surface area contributed by atoms with Crippen molar-refractivity contribution in [2.24, 2.45) is 10.9 Å². The lowest BCUT2D eigenvalue weighted by molar-refractivity contribution is 0.0507. The van der Waals surface area contributed by atoms with Gasteiger partial charge in [0.15, 0.2) is 5.96 Å². The Morgan fingerprint density at radius 3 is 2.60 bits per heavy atom. The number of halogens is 1. The number of carbonyl (C=O) groups is 1. The van der Waals surface area contributed by atoms with Crippen LogP contribution in [-0.2, 0) is 9.47 Å². The van der Waals surface area contributed by atoms with Crippen molar-refractivity contribution in [3.05, 3.63) is 0 Å². The summed E-state index contributed by atoms with van der Waals surface area (Å²) in [5.41, 5.74) is -0.472. The number of hydrogen-bond acceptors (Lipinski definition) is 4. The van der Waals surface area contributed by atoms with Gasteiger partial charge in [0.05, 0.1) is 12.6 Å². The normalized spacial score (nSPS) is 20.9. The Morgan fingerprint density at radius 1 is 1.28 bits per heavy atom. The van der Waals surface area contributed by atoms with Crippen LogP contribution in [0.2, 0.25) is 0 Å². The lowest BCUT2D eigenvalue weighted by atomic mass is 10.2. The van der Waals surface area contributed by atoms with Crippen molar-refractivity contribution in [3.63, 3.8) is 0 Å². The molecule has 2 rings (SSSR count). The first-order valence-electron chi connectivity index (χ1n) is 8.90. The molecule has 7 nitrogen and oxygen atoms in total. The van der Waals surface area contributed by atoms with Gasteiger partial charge in [-0.3, -0.25) is 4.99 Å². The second kappa shape index (κ2) is 10.4. The molecule has 1 saturated carbocycles. The zero-order valence-electron chi connectivity index (χ0n) is 15.8. The largest absolute Gasteiger partial charge is 0.444 e. The highest BCUT2D eigenvalue weighted by molar-refractivity contribution is 14.0. The third kappa shape index (κ3) is 8.94. The van der Waals surface area contributed by atoms with Crippen LogP contribution in [-0.4, -0.2) is 68.5 Å². The summed E-state index contributed by atoms with van der Waals surface area (Å²) in [6, 6.07) is 0.0875. The quantitative estimate of drug-likeness (QED) is 0.271. The molecule has 1 saturated heterocycles. The van der Waals surface area contributed by atoms with Crippen LogP contribution in [0, 0.1) is 5.92 Å². The summed E-state index contributed by atoms with van der Waals surface area (Å²) in [4.78, 5) is 18.3. The van der Waals surface area contributed by atoms with Crippen LogP contribution in [0.4, 0.5) is 4.79 Å². The highest BCUT2D eigenvalue weighted by atomic mass is 127. The Balaban J connectivity index is 0.00000312. The fraction of sp³-hybridized carbons (Fsp3) is 0.882. The third-order valence-electron chi connectivity index (χ3n) is 4.00. The van der Waals surface area contributed by atoms with Gasteiger partial charge < -0.3 is 25.0 Å². The van der Waals surface area contributed by atoms with E-state index in [9.17, 15) is 4.79 Å². The van der Waals surface area contributed by atoms with Crippen LogP contribution in [0.15, 0.2) is 4.99 Å². The maximum atomic E-state index is 11.9. The van der Waals surface area contributed by atoms with Crippen molar-refractivity contribution in [3.8, 4) is 0 Å². The van der Waals surface area contributed by atoms with E-state index < -0.39 is 5.60 Å². The zero-order valence-corrected chi connectivity index (χ0v) is 18.2. The first-order valence-corrected chi connectivity index (χ1v) is 8.90. The molecule has 0 radical (unpaired) electrons. The van der Waals surface area contributed by atoms with Crippen molar-refractivity contribution in [2.75, 3.05) is 39.9 Å². The molecule has 2 aliphatic rings. The van der Waals surface area contributed by atoms with Crippen molar-refractivity contribution in [1.29, 1.82) is 0 Å². The smallest absolute Gasteiger partial charge is 0.407 e. The van der Waals surface area contributed by atoms with Gasteiger partial charge in [0.2, 0.25) is 0 Å². The minimum atomic E-state index is -0.472. The molecule has 8 heteroatoms. The molecule has 2 fully saturated rings. The first-order chi connectivity index (χ1) is 11.4. The molecule has 1 unspecified atom stereocenters. The van der Waals surface area contributed by atoms with E-state index in [1.54, 1.807) is 7.05 Å². The molecule has 0 spiro atoms. The predicted molar refractivity (Wildman–Crippen MR) is 110 cm³/mol. The number of aliphatic imine (C=N–C) groups is 1. The molecule has 0 aromatic heterocycles. The Hall–Kier alpha value is -0.770. The Morgan fingerprint density at radius 2 is 2.00 bits per heavy atom. The molecule has 1 heterocycles. The van der Waals surface area contributed by atoms with E-state index in [0.29, 0.717) is 6.61 Å². The highest BCUT2D eigenvalue weighted by Crippen LogP contribution is 2.28. The van der Waals surface area contributed by atoms with E-state index in [1.807, 2.05) is 20.8 Å². The standard InChI is InChI=1S/C17H32N4O3.HI/c1-17(2,3)24-16(22)20-14-7-9-21(11-14)15(18-4)19-8-10-23-12-13-5-6-13;/h13-14H,5-12H2,1-4H3,(H,18,19)(H,20,22);1H. The Labute approximate surface area is 168 Å². The summed E-state index contributed by atoms with van der Waals surface area (Å²) >= 11 is 0. The lowest BCUT2D eigenvalue weighted by Gasteiger charge is -2.23. The van der Waals surface area contributed by atoms with Gasteiger partial charge in [-0.05, 0) is 46.0 Å². The molecular formula is C17H33IN4O3. The molecular weight excluding hydrogens is 435 g/mol. The highest BCUT2D eigenvalue weighted by Gasteiger charge is 2.27. The predicted octanol–water partition coefficient (Wildman–Crippen LogP) is 2.21. The van der Waals surface area contributed by atoms with E-state index in [-0.39, 0.29) is 36.1 Å². The van der Waals surface area contributed by atoms with Crippen LogP contribution < -0.4 is 10.6 Å². The van der Waals surface area contributed by atoms with Gasteiger partial charge in [0.25, 0.3) is 0 Å². The van der Waals surface area contributed by atoms with Crippen molar-refractivity contribution >= 4 is 36.0 Å². The topological polar surface area (TPSA) is 75.2 Å². The number of ether oxygens (including phenoxy) is 2. The van der Waals surface area contributed by atoms with Gasteiger partial charge in [-0.1, -0.05) is 0 Å². The summed E-state index contributed by atoms with van der Waals surface area (Å²) in [6.07, 6.45) is 3.16. The van der Waals surface area contributed by atoms with Gasteiger partial charge in [0.1, 0.15) is 5.60 Å². The second-order valence-corrected chi connectivity index (χ2v) is 7.57. The minimum absolute atomic E-state index is 0. The number of guanidine groups is 1. The van der Waals surface area contributed by atoms with Gasteiger partial charge in [0, 0.05) is 33.3 Å². The van der Waals surface area contributed by atoms with Gasteiger partial charge >= 0.3 is 6.09 Å². The van der Waals surface area contributed by atoms with Crippen LogP contribution in [0.5, 0.6) is 0 Å². The van der Waals surface area contributed by atoms with E-state index in [1.165, 1.54) is 12.8 Å². The van der Waals surface area contributed by atoms with Crippen molar-refractivity contribution in [1.82, 2.24) is 15.5 Å². The molecule has 0 aromatic carbocycles. The number of nitrogens with one attached hydrogen (secondary N) is 2. The molecule has 0 aromatic rings. The van der Waals surface area contributed by atoms with Gasteiger partial charge in [-0.15, -0.1) is 24.0 Å².